The van der Waals surface area contributed by atoms with Gasteiger partial charge in [0.15, 0.2) is 9.84 Å². The first-order valence-electron chi connectivity index (χ1n) is 9.50. The highest BCUT2D eigenvalue weighted by atomic mass is 32.2. The van der Waals surface area contributed by atoms with Crippen molar-refractivity contribution in [1.29, 1.82) is 0 Å². The lowest BCUT2D eigenvalue weighted by Gasteiger charge is -2.19. The molecule has 2 N–H and O–H groups in total. The number of benzene rings is 2. The van der Waals surface area contributed by atoms with Gasteiger partial charge in [-0.15, -0.1) is 0 Å². The normalized spacial score (nSPS) is 19.1. The topological polar surface area (TPSA) is 86.3 Å². The monoisotopic (exact) mass is 439 g/mol. The summed E-state index contributed by atoms with van der Waals surface area (Å²) in [6.07, 6.45) is -2.51. The molecule has 0 amide bonds. The maximum atomic E-state index is 12.9. The Kier molecular flexibility index (Phi) is 5.33. The maximum Gasteiger partial charge on any atom is 0.416 e. The molecule has 10 heteroatoms. The van der Waals surface area contributed by atoms with Gasteiger partial charge in [0, 0.05) is 18.7 Å². The predicted molar refractivity (Wildman–Crippen MR) is 105 cm³/mol. The smallest absolute Gasteiger partial charge is 0.338 e. The Morgan fingerprint density at radius 1 is 1.10 bits per heavy atom. The summed E-state index contributed by atoms with van der Waals surface area (Å²) < 4.78 is 64.6. The van der Waals surface area contributed by atoms with Gasteiger partial charge in [0.2, 0.25) is 0 Å². The number of alkyl halides is 3. The van der Waals surface area contributed by atoms with Crippen LogP contribution in [0.2, 0.25) is 0 Å². The first kappa shape index (κ1) is 20.8. The van der Waals surface area contributed by atoms with Gasteiger partial charge in [-0.05, 0) is 55.3 Å². The first-order valence-corrected chi connectivity index (χ1v) is 11.0. The number of hydroxylamine groups is 2. The molecule has 0 bridgehead atoms. The van der Waals surface area contributed by atoms with E-state index in [-0.39, 0.29) is 17.0 Å². The highest BCUT2D eigenvalue weighted by Gasteiger charge is 2.31. The van der Waals surface area contributed by atoms with Gasteiger partial charge in [-0.3, -0.25) is 0 Å². The zero-order valence-corrected chi connectivity index (χ0v) is 16.7. The van der Waals surface area contributed by atoms with Crippen molar-refractivity contribution in [1.82, 2.24) is 15.0 Å². The van der Waals surface area contributed by atoms with Gasteiger partial charge in [0.1, 0.15) is 5.82 Å². The fraction of sp³-hybridized carbons (Fsp3) is 0.350. The summed E-state index contributed by atoms with van der Waals surface area (Å²) in [5.74, 6) is 0.351. The molecule has 3 aromatic rings. The molecule has 0 saturated carbocycles. The van der Waals surface area contributed by atoms with E-state index < -0.39 is 26.8 Å². The van der Waals surface area contributed by atoms with Crippen LogP contribution in [0, 0.1) is 0 Å². The lowest BCUT2D eigenvalue weighted by atomic mass is 10.2. The molecule has 6 nitrogen and oxygen atoms in total. The van der Waals surface area contributed by atoms with E-state index in [2.05, 4.69) is 9.97 Å². The number of nitrogens with one attached hydrogen (secondary N) is 1. The van der Waals surface area contributed by atoms with E-state index in [9.17, 15) is 26.8 Å². The van der Waals surface area contributed by atoms with Crippen LogP contribution < -0.4 is 0 Å². The van der Waals surface area contributed by atoms with Gasteiger partial charge in [-0.25, -0.2) is 13.4 Å². The summed E-state index contributed by atoms with van der Waals surface area (Å²) in [7, 11) is -3.62. The van der Waals surface area contributed by atoms with Crippen molar-refractivity contribution in [3.63, 3.8) is 0 Å². The number of fused-ring (bicyclic) bond motifs is 1. The second kappa shape index (κ2) is 7.68. The van der Waals surface area contributed by atoms with E-state index >= 15 is 0 Å². The Morgan fingerprint density at radius 2 is 1.83 bits per heavy atom. The van der Waals surface area contributed by atoms with Crippen molar-refractivity contribution in [3.05, 3.63) is 48.0 Å². The van der Waals surface area contributed by atoms with Gasteiger partial charge in [-0.1, -0.05) is 6.42 Å². The minimum atomic E-state index is -4.45. The molecule has 2 heterocycles. The summed E-state index contributed by atoms with van der Waals surface area (Å²) in [5.41, 5.74) is 0.422. The van der Waals surface area contributed by atoms with Crippen LogP contribution in [0.25, 0.3) is 22.4 Å². The lowest BCUT2D eigenvalue weighted by Crippen LogP contribution is -2.33. The molecule has 4 rings (SSSR count). The average Bonchev–Trinajstić information content (AvgIpc) is 3.00. The molecule has 160 valence electrons. The van der Waals surface area contributed by atoms with E-state index in [1.165, 1.54) is 18.2 Å². The third-order valence-electron chi connectivity index (χ3n) is 5.31. The Labute approximate surface area is 171 Å². The van der Waals surface area contributed by atoms with E-state index in [0.717, 1.165) is 30.0 Å². The van der Waals surface area contributed by atoms with Crippen molar-refractivity contribution in [2.24, 2.45) is 0 Å². The summed E-state index contributed by atoms with van der Waals surface area (Å²) in [6, 6.07) is 9.34. The van der Waals surface area contributed by atoms with Crippen molar-refractivity contribution >= 4 is 20.9 Å². The average molecular weight is 439 g/mol. The van der Waals surface area contributed by atoms with Gasteiger partial charge in [0.25, 0.3) is 0 Å². The molecule has 1 atom stereocenters. The summed E-state index contributed by atoms with van der Waals surface area (Å²) in [5, 5.41) is 10.1. The molecule has 1 aromatic heterocycles. The van der Waals surface area contributed by atoms with Crippen LogP contribution in [0.15, 0.2) is 47.4 Å². The van der Waals surface area contributed by atoms with Crippen LogP contribution in [0.3, 0.4) is 0 Å². The molecule has 1 unspecified atom stereocenters. The predicted octanol–water partition coefficient (Wildman–Crippen LogP) is 4.27. The van der Waals surface area contributed by atoms with Crippen molar-refractivity contribution in [3.8, 4) is 11.4 Å². The number of H-pyrrole nitrogens is 1. The van der Waals surface area contributed by atoms with Gasteiger partial charge in [-0.2, -0.15) is 18.2 Å². The number of sulfone groups is 1. The summed E-state index contributed by atoms with van der Waals surface area (Å²) >= 11 is 0. The highest BCUT2D eigenvalue weighted by Crippen LogP contribution is 2.32. The molecule has 0 spiro atoms. The number of hydrogen-bond donors (Lipinski definition) is 2. The maximum absolute atomic E-state index is 12.9. The van der Waals surface area contributed by atoms with Crippen LogP contribution in [-0.4, -0.2) is 47.0 Å². The number of nitrogens with zero attached hydrogens (tertiary/aromatic N) is 2. The van der Waals surface area contributed by atoms with Crippen molar-refractivity contribution in [2.75, 3.05) is 13.1 Å². The van der Waals surface area contributed by atoms with E-state index in [4.69, 9.17) is 0 Å². The fourth-order valence-corrected chi connectivity index (χ4v) is 5.40. The summed E-state index contributed by atoms with van der Waals surface area (Å²) in [6.45, 7) is 0.516. The Bertz CT molecular complexity index is 1160. The second-order valence-electron chi connectivity index (χ2n) is 7.41. The zero-order chi connectivity index (χ0) is 21.5. The quantitative estimate of drug-likeness (QED) is 0.637. The second-order valence-corrected chi connectivity index (χ2v) is 9.64. The molecule has 1 aliphatic heterocycles. The van der Waals surface area contributed by atoms with E-state index in [1.54, 1.807) is 12.1 Å². The third-order valence-corrected chi connectivity index (χ3v) is 7.50. The minimum absolute atomic E-state index is 0.0647. The zero-order valence-electron chi connectivity index (χ0n) is 15.9. The summed E-state index contributed by atoms with van der Waals surface area (Å²) in [4.78, 5) is 7.30. The molecule has 30 heavy (non-hydrogen) atoms. The fourth-order valence-electron chi connectivity index (χ4n) is 3.65. The number of aromatic nitrogens is 2. The molecule has 1 fully saturated rings. The van der Waals surface area contributed by atoms with Crippen LogP contribution in [-0.2, 0) is 16.0 Å². The van der Waals surface area contributed by atoms with E-state index in [0.29, 0.717) is 29.9 Å². The Morgan fingerprint density at radius 3 is 2.53 bits per heavy atom. The number of aromatic amines is 1. The molecule has 0 aliphatic carbocycles. The van der Waals surface area contributed by atoms with Crippen molar-refractivity contribution < 1.29 is 26.8 Å². The minimum Gasteiger partial charge on any atom is -0.338 e. The Balaban J connectivity index is 1.61. The molecule has 2 aromatic carbocycles. The largest absolute Gasteiger partial charge is 0.416 e. The third kappa shape index (κ3) is 4.07. The SMILES string of the molecule is O=S(=O)(c1ccc(-c2nc3ccc(C(F)(F)F)cc3[nH]2)cc1)C1CCCCN(O)C1. The van der Waals surface area contributed by atoms with Crippen LogP contribution >= 0.6 is 0 Å². The highest BCUT2D eigenvalue weighted by molar-refractivity contribution is 7.92. The van der Waals surface area contributed by atoms with Gasteiger partial charge in [0.05, 0.1) is 26.7 Å². The molecule has 0 radical (unpaired) electrons. The van der Waals surface area contributed by atoms with Crippen LogP contribution in [0.4, 0.5) is 13.2 Å². The van der Waals surface area contributed by atoms with Gasteiger partial charge < -0.3 is 10.2 Å². The van der Waals surface area contributed by atoms with Crippen molar-refractivity contribution in [2.45, 2.75) is 35.6 Å². The van der Waals surface area contributed by atoms with Crippen LogP contribution in [0.5, 0.6) is 0 Å². The molecule has 1 aliphatic rings. The molecular weight excluding hydrogens is 419 g/mol. The number of rotatable bonds is 3. The Hall–Kier alpha value is -2.43. The lowest BCUT2D eigenvalue weighted by molar-refractivity contribution is -0.137. The van der Waals surface area contributed by atoms with E-state index in [1.807, 2.05) is 0 Å². The van der Waals surface area contributed by atoms with Gasteiger partial charge >= 0.3 is 6.18 Å². The molecule has 1 saturated heterocycles. The van der Waals surface area contributed by atoms with Crippen LogP contribution in [0.1, 0.15) is 24.8 Å². The molecular formula is C20H20F3N3O3S. The standard InChI is InChI=1S/C20H20F3N3O3S/c21-20(22,23)14-6-9-17-18(11-14)25-19(24-17)13-4-7-15(8-5-13)30(28,29)16-3-1-2-10-26(27)12-16/h4-9,11,16,27H,1-3,10,12H2,(H,24,25). The number of halogens is 3. The number of imidazole rings is 1. The first-order chi connectivity index (χ1) is 14.1. The number of hydrogen-bond acceptors (Lipinski definition) is 5.